The van der Waals surface area contributed by atoms with Gasteiger partial charge in [-0.3, -0.25) is 4.90 Å². The number of benzene rings is 1. The molecule has 1 aromatic rings. The summed E-state index contributed by atoms with van der Waals surface area (Å²) in [6, 6.07) is 5.08. The van der Waals surface area contributed by atoms with Gasteiger partial charge in [-0.25, -0.2) is 9.18 Å². The Hall–Kier alpha value is -1.42. The molecule has 21 heavy (non-hydrogen) atoms. The van der Waals surface area contributed by atoms with E-state index in [1.807, 2.05) is 7.05 Å². The highest BCUT2D eigenvalue weighted by Crippen LogP contribution is 2.29. The zero-order chi connectivity index (χ0) is 15.4. The van der Waals surface area contributed by atoms with Crippen molar-refractivity contribution < 1.29 is 14.3 Å². The molecule has 116 valence electrons. The Morgan fingerprint density at radius 3 is 2.57 bits per heavy atom. The van der Waals surface area contributed by atoms with Crippen LogP contribution in [0.25, 0.3) is 0 Å². The number of carboxylic acid groups (broad SMARTS) is 1. The van der Waals surface area contributed by atoms with Crippen LogP contribution >= 0.6 is 0 Å². The molecule has 1 fully saturated rings. The number of hydrogen-bond acceptors (Lipinski definition) is 2. The fourth-order valence-corrected chi connectivity index (χ4v) is 3.26. The maximum absolute atomic E-state index is 14.2. The summed E-state index contributed by atoms with van der Waals surface area (Å²) in [7, 11) is 2.00. The van der Waals surface area contributed by atoms with Crippen LogP contribution in [0.2, 0.25) is 0 Å². The predicted octanol–water partition coefficient (Wildman–Crippen LogP) is 3.92. The number of nitrogens with zero attached hydrogens (tertiary/aromatic N) is 1. The minimum atomic E-state index is -1.21. The highest BCUT2D eigenvalue weighted by atomic mass is 19.1. The number of halogens is 1. The van der Waals surface area contributed by atoms with Crippen LogP contribution in [0.5, 0.6) is 0 Å². The Morgan fingerprint density at radius 1 is 1.33 bits per heavy atom. The number of carboxylic acids is 1. The van der Waals surface area contributed by atoms with E-state index in [4.69, 9.17) is 5.11 Å². The van der Waals surface area contributed by atoms with Crippen molar-refractivity contribution in [3.63, 3.8) is 0 Å². The van der Waals surface area contributed by atoms with Crippen LogP contribution in [0.4, 0.5) is 4.39 Å². The average Bonchev–Trinajstić information content (AvgIpc) is 2.49. The SMILES string of the molecule is CCC1CCC(N(C)Cc2cccc(C(=O)O)c2F)CC1. The second-order valence-corrected chi connectivity index (χ2v) is 6.08. The van der Waals surface area contributed by atoms with E-state index in [0.29, 0.717) is 18.2 Å². The van der Waals surface area contributed by atoms with E-state index in [1.54, 1.807) is 12.1 Å². The summed E-state index contributed by atoms with van der Waals surface area (Å²) in [5.74, 6) is -0.971. The molecule has 1 aromatic carbocycles. The summed E-state index contributed by atoms with van der Waals surface area (Å²) in [4.78, 5) is 13.1. The Kier molecular flexibility index (Phi) is 5.34. The normalized spacial score (nSPS) is 22.5. The Balaban J connectivity index is 2.02. The maximum Gasteiger partial charge on any atom is 0.338 e. The molecule has 0 unspecified atom stereocenters. The van der Waals surface area contributed by atoms with Crippen molar-refractivity contribution in [1.82, 2.24) is 4.90 Å². The molecule has 1 N–H and O–H groups in total. The minimum absolute atomic E-state index is 0.240. The molecule has 1 aliphatic carbocycles. The van der Waals surface area contributed by atoms with Gasteiger partial charge in [0.2, 0.25) is 0 Å². The summed E-state index contributed by atoms with van der Waals surface area (Å²) in [5, 5.41) is 8.98. The van der Waals surface area contributed by atoms with Gasteiger partial charge < -0.3 is 5.11 Å². The van der Waals surface area contributed by atoms with Gasteiger partial charge in [0.05, 0.1) is 5.56 Å². The van der Waals surface area contributed by atoms with Crippen LogP contribution in [0.1, 0.15) is 54.9 Å². The molecule has 0 saturated heterocycles. The monoisotopic (exact) mass is 293 g/mol. The molecule has 0 spiro atoms. The third-order valence-corrected chi connectivity index (χ3v) is 4.75. The van der Waals surface area contributed by atoms with Gasteiger partial charge in [-0.2, -0.15) is 0 Å². The molecule has 1 aliphatic rings. The predicted molar refractivity (Wildman–Crippen MR) is 80.9 cm³/mol. The van der Waals surface area contributed by atoms with Gasteiger partial charge in [-0.05, 0) is 44.7 Å². The van der Waals surface area contributed by atoms with Crippen molar-refractivity contribution in [2.45, 2.75) is 51.6 Å². The molecule has 3 nitrogen and oxygen atoms in total. The van der Waals surface area contributed by atoms with Gasteiger partial charge >= 0.3 is 5.97 Å². The number of carbonyl (C=O) groups is 1. The lowest BCUT2D eigenvalue weighted by Crippen LogP contribution is -2.35. The van der Waals surface area contributed by atoms with Crippen molar-refractivity contribution >= 4 is 5.97 Å². The molecule has 0 atom stereocenters. The van der Waals surface area contributed by atoms with Crippen molar-refractivity contribution in [2.24, 2.45) is 5.92 Å². The number of hydrogen-bond donors (Lipinski definition) is 1. The minimum Gasteiger partial charge on any atom is -0.478 e. The van der Waals surface area contributed by atoms with Crippen molar-refractivity contribution in [1.29, 1.82) is 0 Å². The third kappa shape index (κ3) is 3.82. The molecule has 0 aromatic heterocycles. The molecule has 0 amide bonds. The third-order valence-electron chi connectivity index (χ3n) is 4.75. The quantitative estimate of drug-likeness (QED) is 0.894. The fourth-order valence-electron chi connectivity index (χ4n) is 3.26. The van der Waals surface area contributed by atoms with E-state index in [0.717, 1.165) is 18.8 Å². The molecular weight excluding hydrogens is 269 g/mol. The van der Waals surface area contributed by atoms with Crippen LogP contribution in [0.15, 0.2) is 18.2 Å². The average molecular weight is 293 g/mol. The largest absolute Gasteiger partial charge is 0.478 e. The van der Waals surface area contributed by atoms with Crippen molar-refractivity contribution in [3.05, 3.63) is 35.1 Å². The second-order valence-electron chi connectivity index (χ2n) is 6.08. The van der Waals surface area contributed by atoms with E-state index in [9.17, 15) is 9.18 Å². The van der Waals surface area contributed by atoms with Crippen molar-refractivity contribution in [3.8, 4) is 0 Å². The van der Waals surface area contributed by atoms with E-state index in [-0.39, 0.29) is 5.56 Å². The van der Waals surface area contributed by atoms with Crippen LogP contribution in [-0.4, -0.2) is 29.1 Å². The first-order valence-electron chi connectivity index (χ1n) is 7.73. The Bertz CT molecular complexity index is 496. The first kappa shape index (κ1) is 16.0. The van der Waals surface area contributed by atoms with Gasteiger partial charge in [-0.15, -0.1) is 0 Å². The Morgan fingerprint density at radius 2 is 2.00 bits per heavy atom. The topological polar surface area (TPSA) is 40.5 Å². The molecule has 0 heterocycles. The zero-order valence-corrected chi connectivity index (χ0v) is 12.8. The summed E-state index contributed by atoms with van der Waals surface area (Å²) in [5.41, 5.74) is 0.227. The molecule has 4 heteroatoms. The van der Waals surface area contributed by atoms with Gasteiger partial charge in [-0.1, -0.05) is 25.5 Å². The van der Waals surface area contributed by atoms with Crippen molar-refractivity contribution in [2.75, 3.05) is 7.05 Å². The summed E-state index contributed by atoms with van der Waals surface area (Å²) >= 11 is 0. The summed E-state index contributed by atoms with van der Waals surface area (Å²) in [6.07, 6.45) is 6.02. The van der Waals surface area contributed by atoms with Gasteiger partial charge in [0, 0.05) is 18.2 Å². The molecular formula is C17H24FNO2. The summed E-state index contributed by atoms with van der Waals surface area (Å²) in [6.45, 7) is 2.70. The summed E-state index contributed by atoms with van der Waals surface area (Å²) < 4.78 is 14.2. The lowest BCUT2D eigenvalue weighted by Gasteiger charge is -2.34. The molecule has 1 saturated carbocycles. The lowest BCUT2D eigenvalue weighted by atomic mass is 9.84. The van der Waals surface area contributed by atoms with E-state index < -0.39 is 11.8 Å². The van der Waals surface area contributed by atoms with E-state index >= 15 is 0 Å². The molecule has 0 aliphatic heterocycles. The lowest BCUT2D eigenvalue weighted by molar-refractivity contribution is 0.0691. The van der Waals surface area contributed by atoms with Crippen LogP contribution < -0.4 is 0 Å². The smallest absolute Gasteiger partial charge is 0.338 e. The molecule has 0 radical (unpaired) electrons. The Labute approximate surface area is 125 Å². The zero-order valence-electron chi connectivity index (χ0n) is 12.8. The van der Waals surface area contributed by atoms with Crippen LogP contribution in [-0.2, 0) is 6.54 Å². The fraction of sp³-hybridized carbons (Fsp3) is 0.588. The standard InChI is InChI=1S/C17H24FNO2/c1-3-12-7-9-14(10-8-12)19(2)11-13-5-4-6-15(16(13)18)17(20)21/h4-6,12,14H,3,7-11H2,1-2H3,(H,20,21). The van der Waals surface area contributed by atoms with Crippen LogP contribution in [0, 0.1) is 11.7 Å². The van der Waals surface area contributed by atoms with E-state index in [2.05, 4.69) is 11.8 Å². The van der Waals surface area contributed by atoms with E-state index in [1.165, 1.54) is 25.3 Å². The number of rotatable bonds is 5. The first-order chi connectivity index (χ1) is 10.0. The molecule has 0 bridgehead atoms. The molecule has 2 rings (SSSR count). The first-order valence-corrected chi connectivity index (χ1v) is 7.73. The number of aromatic carboxylic acids is 1. The second kappa shape index (κ2) is 7.03. The van der Waals surface area contributed by atoms with Gasteiger partial charge in [0.1, 0.15) is 5.82 Å². The van der Waals surface area contributed by atoms with Gasteiger partial charge in [0.15, 0.2) is 0 Å². The van der Waals surface area contributed by atoms with Gasteiger partial charge in [0.25, 0.3) is 0 Å². The van der Waals surface area contributed by atoms with Crippen LogP contribution in [0.3, 0.4) is 0 Å². The highest BCUT2D eigenvalue weighted by Gasteiger charge is 2.24. The highest BCUT2D eigenvalue weighted by molar-refractivity contribution is 5.88. The maximum atomic E-state index is 14.2.